The van der Waals surface area contributed by atoms with Gasteiger partial charge in [0.25, 0.3) is 0 Å². The molecule has 3 aromatic rings. The predicted octanol–water partition coefficient (Wildman–Crippen LogP) is 3.44. The van der Waals surface area contributed by atoms with Crippen LogP contribution >= 0.6 is 11.6 Å². The van der Waals surface area contributed by atoms with Crippen LogP contribution in [0.2, 0.25) is 5.02 Å². The van der Waals surface area contributed by atoms with E-state index in [-0.39, 0.29) is 5.90 Å². The van der Waals surface area contributed by atoms with Crippen LogP contribution in [-0.4, -0.2) is 10.9 Å². The molecule has 0 aliphatic carbocycles. The molecule has 0 radical (unpaired) electrons. The van der Waals surface area contributed by atoms with Crippen molar-refractivity contribution in [2.45, 2.75) is 32.1 Å². The van der Waals surface area contributed by atoms with Gasteiger partial charge in [-0.2, -0.15) is 0 Å². The maximum atomic E-state index is 12.8. The van der Waals surface area contributed by atoms with Crippen molar-refractivity contribution in [3.05, 3.63) is 59.4 Å². The van der Waals surface area contributed by atoms with Crippen molar-refractivity contribution in [2.24, 2.45) is 5.10 Å². The molecule has 0 bridgehead atoms. The molecule has 0 saturated heterocycles. The van der Waals surface area contributed by atoms with E-state index in [9.17, 15) is 5.11 Å². The molecule has 5 heteroatoms. The average molecular weight is 352 g/mol. The van der Waals surface area contributed by atoms with E-state index < -0.39 is 5.41 Å². The molecule has 0 atom stereocenters. The molecule has 0 fully saturated rings. The molecule has 0 unspecified atom stereocenters. The Hall–Kier alpha value is -2.46. The van der Waals surface area contributed by atoms with Crippen molar-refractivity contribution in [1.29, 1.82) is 0 Å². The molecular weight excluding hydrogens is 334 g/mol. The van der Waals surface area contributed by atoms with Crippen LogP contribution in [0.25, 0.3) is 22.2 Å². The van der Waals surface area contributed by atoms with Gasteiger partial charge < -0.3 is 5.11 Å². The zero-order chi connectivity index (χ0) is 17.6. The fourth-order valence-electron chi connectivity index (χ4n) is 3.61. The second-order valence-corrected chi connectivity index (χ2v) is 6.75. The van der Waals surface area contributed by atoms with Crippen molar-refractivity contribution < 1.29 is 9.78 Å². The highest BCUT2D eigenvalue weighted by molar-refractivity contribution is 6.31. The minimum absolute atomic E-state index is 0.122. The first kappa shape index (κ1) is 16.0. The first-order valence-electron chi connectivity index (χ1n) is 8.48. The van der Waals surface area contributed by atoms with Gasteiger partial charge >= 0.3 is 5.82 Å². The number of benzene rings is 2. The summed E-state index contributed by atoms with van der Waals surface area (Å²) in [5, 5.41) is 18.7. The summed E-state index contributed by atoms with van der Waals surface area (Å²) in [5.74, 6) is 0.597. The normalized spacial score (nSPS) is 15.2. The number of nitrogens with zero attached hydrogens (tertiary/aromatic N) is 3. The number of hydrogen-bond donors (Lipinski definition) is 0. The van der Waals surface area contributed by atoms with Gasteiger partial charge in [0.05, 0.1) is 5.39 Å². The third-order valence-corrected chi connectivity index (χ3v) is 5.37. The highest BCUT2D eigenvalue weighted by Crippen LogP contribution is 2.36. The Morgan fingerprint density at radius 3 is 2.48 bits per heavy atom. The third kappa shape index (κ3) is 2.24. The van der Waals surface area contributed by atoms with Crippen LogP contribution in [0.1, 0.15) is 32.5 Å². The Morgan fingerprint density at radius 2 is 1.80 bits per heavy atom. The standard InChI is InChI=1S/C20H18ClN3O/c1-3-20(4-2)18-22-16-11-10-14(21)12-15(16)17(24(18)23-19(20)25)13-8-6-5-7-9-13/h5-12H,3-4H2,1-2H3. The van der Waals surface area contributed by atoms with E-state index >= 15 is 0 Å². The van der Waals surface area contributed by atoms with E-state index in [2.05, 4.69) is 5.10 Å². The summed E-state index contributed by atoms with van der Waals surface area (Å²) in [6, 6.07) is 15.6. The fraction of sp³-hybridized carbons (Fsp3) is 0.250. The van der Waals surface area contributed by atoms with Crippen molar-refractivity contribution in [3.63, 3.8) is 0 Å². The maximum Gasteiger partial charge on any atom is 0.335 e. The Morgan fingerprint density at radius 1 is 1.08 bits per heavy atom. The number of aromatic nitrogens is 2. The number of halogens is 1. The fourth-order valence-corrected chi connectivity index (χ4v) is 3.78. The lowest BCUT2D eigenvalue weighted by atomic mass is 9.81. The maximum absolute atomic E-state index is 12.8. The van der Waals surface area contributed by atoms with Crippen molar-refractivity contribution in [1.82, 2.24) is 4.98 Å². The molecule has 4 nitrogen and oxygen atoms in total. The molecule has 2 heterocycles. The Labute approximate surface area is 151 Å². The lowest BCUT2D eigenvalue weighted by molar-refractivity contribution is -0.674. The largest absolute Gasteiger partial charge is 0.858 e. The van der Waals surface area contributed by atoms with E-state index in [1.54, 1.807) is 4.68 Å². The van der Waals surface area contributed by atoms with E-state index in [1.807, 2.05) is 62.4 Å². The third-order valence-electron chi connectivity index (χ3n) is 5.14. The summed E-state index contributed by atoms with van der Waals surface area (Å²) in [5.41, 5.74) is 2.01. The quantitative estimate of drug-likeness (QED) is 0.679. The number of fused-ring (bicyclic) bond motifs is 2. The van der Waals surface area contributed by atoms with E-state index in [4.69, 9.17) is 16.6 Å². The SMILES string of the molecule is CCC1(CC)C([O-])=N[n+]2c1nc1ccc(Cl)cc1c2-c1ccccc1. The molecule has 1 aromatic heterocycles. The van der Waals surface area contributed by atoms with Crippen molar-refractivity contribution in [2.75, 3.05) is 0 Å². The van der Waals surface area contributed by atoms with Crippen LogP contribution in [0.15, 0.2) is 53.6 Å². The summed E-state index contributed by atoms with van der Waals surface area (Å²) < 4.78 is 1.73. The number of rotatable bonds is 3. The van der Waals surface area contributed by atoms with Crippen molar-refractivity contribution in [3.8, 4) is 11.3 Å². The minimum atomic E-state index is -0.655. The summed E-state index contributed by atoms with van der Waals surface area (Å²) >= 11 is 6.23. The monoisotopic (exact) mass is 351 g/mol. The number of hydrogen-bond acceptors (Lipinski definition) is 3. The van der Waals surface area contributed by atoms with Gasteiger partial charge in [0, 0.05) is 16.5 Å². The van der Waals surface area contributed by atoms with Gasteiger partial charge in [-0.15, -0.1) is 0 Å². The molecule has 4 rings (SSSR count). The Balaban J connectivity index is 2.16. The van der Waals surface area contributed by atoms with Crippen LogP contribution in [0.4, 0.5) is 0 Å². The van der Waals surface area contributed by atoms with Crippen molar-refractivity contribution >= 4 is 28.4 Å². The van der Waals surface area contributed by atoms with Gasteiger partial charge in [-0.1, -0.05) is 65.6 Å². The molecule has 0 N–H and O–H groups in total. The van der Waals surface area contributed by atoms with E-state index in [0.717, 1.165) is 28.0 Å². The molecular formula is C20H18ClN3O. The highest BCUT2D eigenvalue weighted by Gasteiger charge is 2.47. The topological polar surface area (TPSA) is 52.2 Å². The minimum Gasteiger partial charge on any atom is -0.858 e. The van der Waals surface area contributed by atoms with Crippen LogP contribution in [0.3, 0.4) is 0 Å². The molecule has 126 valence electrons. The van der Waals surface area contributed by atoms with Gasteiger partial charge in [0.2, 0.25) is 0 Å². The average Bonchev–Trinajstić information content (AvgIpc) is 2.91. The molecule has 0 spiro atoms. The summed E-state index contributed by atoms with van der Waals surface area (Å²) in [7, 11) is 0. The summed E-state index contributed by atoms with van der Waals surface area (Å²) in [4.78, 5) is 4.82. The summed E-state index contributed by atoms with van der Waals surface area (Å²) in [6.07, 6.45) is 1.35. The zero-order valence-electron chi connectivity index (χ0n) is 14.2. The van der Waals surface area contributed by atoms with Crippen LogP contribution in [-0.2, 0) is 5.41 Å². The second kappa shape index (κ2) is 5.81. The lowest BCUT2D eigenvalue weighted by Crippen LogP contribution is -2.43. The molecule has 25 heavy (non-hydrogen) atoms. The Bertz CT molecular complexity index is 995. The molecule has 1 aliphatic heterocycles. The van der Waals surface area contributed by atoms with Gasteiger partial charge in [0.15, 0.2) is 11.2 Å². The predicted molar refractivity (Wildman–Crippen MR) is 97.5 cm³/mol. The molecule has 1 aliphatic rings. The van der Waals surface area contributed by atoms with Crippen LogP contribution in [0, 0.1) is 0 Å². The first-order valence-corrected chi connectivity index (χ1v) is 8.86. The first-order chi connectivity index (χ1) is 12.1. The molecule has 0 amide bonds. The zero-order valence-corrected chi connectivity index (χ0v) is 14.9. The van der Waals surface area contributed by atoms with Gasteiger partial charge in [0.1, 0.15) is 5.41 Å². The lowest BCUT2D eigenvalue weighted by Gasteiger charge is -2.25. The highest BCUT2D eigenvalue weighted by atomic mass is 35.5. The molecule has 0 saturated carbocycles. The molecule has 2 aromatic carbocycles. The van der Waals surface area contributed by atoms with E-state index in [1.165, 1.54) is 0 Å². The second-order valence-electron chi connectivity index (χ2n) is 6.32. The Kier molecular flexibility index (Phi) is 3.73. The van der Waals surface area contributed by atoms with Crippen LogP contribution in [0.5, 0.6) is 0 Å². The van der Waals surface area contributed by atoms with Crippen LogP contribution < -0.4 is 9.78 Å². The van der Waals surface area contributed by atoms with Gasteiger partial charge in [-0.05, 0) is 36.0 Å². The van der Waals surface area contributed by atoms with E-state index in [0.29, 0.717) is 17.9 Å². The summed E-state index contributed by atoms with van der Waals surface area (Å²) in [6.45, 7) is 4.03. The smallest absolute Gasteiger partial charge is 0.335 e. The van der Waals surface area contributed by atoms with Gasteiger partial charge in [-0.25, -0.2) is 0 Å². The van der Waals surface area contributed by atoms with Gasteiger partial charge in [-0.3, -0.25) is 0 Å².